The molecule has 1 N–H and O–H groups in total. The second-order valence-electron chi connectivity index (χ2n) is 3.69. The molecule has 0 aliphatic rings. The van der Waals surface area contributed by atoms with Crippen molar-refractivity contribution < 1.29 is 14.3 Å². The molecule has 2 rings (SSSR count). The van der Waals surface area contributed by atoms with E-state index in [4.69, 9.17) is 16.7 Å². The molecule has 19 heavy (non-hydrogen) atoms. The molecule has 0 aliphatic heterocycles. The van der Waals surface area contributed by atoms with Crippen molar-refractivity contribution in [2.24, 2.45) is 0 Å². The Labute approximate surface area is 118 Å². The first-order valence-electron chi connectivity index (χ1n) is 5.33. The van der Waals surface area contributed by atoms with E-state index in [0.29, 0.717) is 21.4 Å². The first-order valence-corrected chi connectivity index (χ1v) is 6.69. The van der Waals surface area contributed by atoms with E-state index < -0.39 is 11.8 Å². The van der Waals surface area contributed by atoms with Gasteiger partial charge in [0.15, 0.2) is 0 Å². The Kier molecular flexibility index (Phi) is 4.39. The summed E-state index contributed by atoms with van der Waals surface area (Å²) in [4.78, 5) is 15.1. The zero-order valence-corrected chi connectivity index (χ0v) is 11.2. The minimum Gasteiger partial charge on any atom is -0.478 e. The van der Waals surface area contributed by atoms with Crippen LogP contribution in [0.4, 0.5) is 4.39 Å². The summed E-state index contributed by atoms with van der Waals surface area (Å²) in [5, 5.41) is 10.1. The van der Waals surface area contributed by atoms with Crippen molar-refractivity contribution in [3.8, 4) is 0 Å². The standard InChI is InChI=1S/C13H9ClFNO2S/c14-11-2-1-5-16-12(11)19-7-8-3-4-9(15)6-10(8)13(17)18/h1-6H,7H2,(H,17,18). The van der Waals surface area contributed by atoms with Crippen LogP contribution in [0.2, 0.25) is 5.02 Å². The Morgan fingerprint density at radius 1 is 1.42 bits per heavy atom. The summed E-state index contributed by atoms with van der Waals surface area (Å²) in [6.07, 6.45) is 1.61. The molecule has 0 unspecified atom stereocenters. The Bertz CT molecular complexity index is 621. The predicted molar refractivity (Wildman–Crippen MR) is 72.2 cm³/mol. The monoisotopic (exact) mass is 297 g/mol. The summed E-state index contributed by atoms with van der Waals surface area (Å²) < 4.78 is 13.0. The molecule has 1 heterocycles. The van der Waals surface area contributed by atoms with Gasteiger partial charge >= 0.3 is 5.97 Å². The third-order valence-corrected chi connectivity index (χ3v) is 3.86. The molecule has 0 amide bonds. The van der Waals surface area contributed by atoms with Crippen molar-refractivity contribution in [3.05, 3.63) is 58.5 Å². The van der Waals surface area contributed by atoms with Crippen LogP contribution >= 0.6 is 23.4 Å². The van der Waals surface area contributed by atoms with Crippen LogP contribution in [-0.2, 0) is 5.75 Å². The Balaban J connectivity index is 2.20. The second kappa shape index (κ2) is 6.04. The Morgan fingerprint density at radius 3 is 2.89 bits per heavy atom. The van der Waals surface area contributed by atoms with Crippen LogP contribution in [0.15, 0.2) is 41.6 Å². The van der Waals surface area contributed by atoms with E-state index in [9.17, 15) is 9.18 Å². The van der Waals surface area contributed by atoms with E-state index >= 15 is 0 Å². The fraction of sp³-hybridized carbons (Fsp3) is 0.0769. The maximum Gasteiger partial charge on any atom is 0.336 e. The van der Waals surface area contributed by atoms with Gasteiger partial charge in [-0.2, -0.15) is 0 Å². The molecule has 0 spiro atoms. The highest BCUT2D eigenvalue weighted by Gasteiger charge is 2.12. The molecular formula is C13H9ClFNO2S. The first kappa shape index (κ1) is 13.8. The maximum absolute atomic E-state index is 13.0. The highest BCUT2D eigenvalue weighted by atomic mass is 35.5. The largest absolute Gasteiger partial charge is 0.478 e. The lowest BCUT2D eigenvalue weighted by Crippen LogP contribution is -2.02. The summed E-state index contributed by atoms with van der Waals surface area (Å²) in [6, 6.07) is 7.13. The Hall–Kier alpha value is -1.59. The number of carboxylic acids is 1. The lowest BCUT2D eigenvalue weighted by Gasteiger charge is -2.06. The molecule has 0 fully saturated rings. The number of rotatable bonds is 4. The van der Waals surface area contributed by atoms with Gasteiger partial charge in [-0.15, -0.1) is 11.8 Å². The molecule has 6 heteroatoms. The number of carbonyl (C=O) groups is 1. The van der Waals surface area contributed by atoms with Crippen LogP contribution in [0.1, 0.15) is 15.9 Å². The van der Waals surface area contributed by atoms with E-state index in [2.05, 4.69) is 4.98 Å². The van der Waals surface area contributed by atoms with Gasteiger partial charge in [-0.1, -0.05) is 17.7 Å². The molecule has 0 bridgehead atoms. The van der Waals surface area contributed by atoms with Crippen LogP contribution in [-0.4, -0.2) is 16.1 Å². The number of aromatic carboxylic acids is 1. The lowest BCUT2D eigenvalue weighted by atomic mass is 10.1. The molecule has 0 atom stereocenters. The van der Waals surface area contributed by atoms with Crippen LogP contribution in [0.5, 0.6) is 0 Å². The van der Waals surface area contributed by atoms with Crippen molar-refractivity contribution in [3.63, 3.8) is 0 Å². The van der Waals surface area contributed by atoms with Gasteiger partial charge in [0.2, 0.25) is 0 Å². The van der Waals surface area contributed by atoms with Crippen molar-refractivity contribution in [1.82, 2.24) is 4.98 Å². The van der Waals surface area contributed by atoms with Gasteiger partial charge in [0.25, 0.3) is 0 Å². The molecule has 0 saturated heterocycles. The van der Waals surface area contributed by atoms with E-state index in [1.165, 1.54) is 23.9 Å². The van der Waals surface area contributed by atoms with Crippen LogP contribution < -0.4 is 0 Å². The minimum atomic E-state index is -1.15. The number of hydrogen-bond donors (Lipinski definition) is 1. The van der Waals surface area contributed by atoms with Gasteiger partial charge < -0.3 is 5.11 Å². The molecule has 3 nitrogen and oxygen atoms in total. The number of nitrogens with zero attached hydrogens (tertiary/aromatic N) is 1. The van der Waals surface area contributed by atoms with Gasteiger partial charge in [0, 0.05) is 11.9 Å². The minimum absolute atomic E-state index is 0.0421. The normalized spacial score (nSPS) is 10.4. The lowest BCUT2D eigenvalue weighted by molar-refractivity contribution is 0.0695. The van der Waals surface area contributed by atoms with Gasteiger partial charge in [0.1, 0.15) is 10.8 Å². The van der Waals surface area contributed by atoms with Crippen molar-refractivity contribution in [2.45, 2.75) is 10.8 Å². The molecule has 0 saturated carbocycles. The average molecular weight is 298 g/mol. The van der Waals surface area contributed by atoms with Crippen molar-refractivity contribution in [1.29, 1.82) is 0 Å². The summed E-state index contributed by atoms with van der Waals surface area (Å²) in [7, 11) is 0. The third kappa shape index (κ3) is 3.45. The highest BCUT2D eigenvalue weighted by molar-refractivity contribution is 7.98. The fourth-order valence-electron chi connectivity index (χ4n) is 1.50. The third-order valence-electron chi connectivity index (χ3n) is 2.39. The maximum atomic E-state index is 13.0. The summed E-state index contributed by atoms with van der Waals surface area (Å²) >= 11 is 7.27. The molecule has 1 aromatic carbocycles. The number of benzene rings is 1. The number of pyridine rings is 1. The van der Waals surface area contributed by atoms with E-state index in [0.717, 1.165) is 6.07 Å². The molecular weight excluding hydrogens is 289 g/mol. The molecule has 2 aromatic rings. The van der Waals surface area contributed by atoms with Gasteiger partial charge in [-0.25, -0.2) is 14.2 Å². The SMILES string of the molecule is O=C(O)c1cc(F)ccc1CSc1ncccc1Cl. The number of halogens is 2. The van der Waals surface area contributed by atoms with E-state index in [-0.39, 0.29) is 5.56 Å². The molecule has 98 valence electrons. The average Bonchev–Trinajstić information content (AvgIpc) is 2.38. The van der Waals surface area contributed by atoms with E-state index in [1.807, 2.05) is 0 Å². The predicted octanol–water partition coefficient (Wildman–Crippen LogP) is 3.86. The van der Waals surface area contributed by atoms with Gasteiger partial charge in [-0.05, 0) is 29.8 Å². The molecule has 0 aliphatic carbocycles. The first-order chi connectivity index (χ1) is 9.08. The zero-order chi connectivity index (χ0) is 13.8. The molecule has 1 aromatic heterocycles. The summed E-state index contributed by atoms with van der Waals surface area (Å²) in [5.41, 5.74) is 0.486. The van der Waals surface area contributed by atoms with E-state index in [1.54, 1.807) is 18.3 Å². The fourth-order valence-corrected chi connectivity index (χ4v) is 2.67. The van der Waals surface area contributed by atoms with Crippen molar-refractivity contribution in [2.75, 3.05) is 0 Å². The smallest absolute Gasteiger partial charge is 0.336 e. The quantitative estimate of drug-likeness (QED) is 0.871. The summed E-state index contributed by atoms with van der Waals surface area (Å²) in [6.45, 7) is 0. The summed E-state index contributed by atoms with van der Waals surface area (Å²) in [5.74, 6) is -1.36. The second-order valence-corrected chi connectivity index (χ2v) is 5.06. The highest BCUT2D eigenvalue weighted by Crippen LogP contribution is 2.28. The zero-order valence-electron chi connectivity index (χ0n) is 9.64. The van der Waals surface area contributed by atoms with Crippen molar-refractivity contribution >= 4 is 29.3 Å². The van der Waals surface area contributed by atoms with Gasteiger partial charge in [-0.3, -0.25) is 0 Å². The number of thioether (sulfide) groups is 1. The van der Waals surface area contributed by atoms with Crippen LogP contribution in [0.25, 0.3) is 0 Å². The number of hydrogen-bond acceptors (Lipinski definition) is 3. The van der Waals surface area contributed by atoms with Crippen LogP contribution in [0, 0.1) is 5.82 Å². The Morgan fingerprint density at radius 2 is 2.21 bits per heavy atom. The molecule has 0 radical (unpaired) electrons. The number of aromatic nitrogens is 1. The van der Waals surface area contributed by atoms with Gasteiger partial charge in [0.05, 0.1) is 10.6 Å². The van der Waals surface area contributed by atoms with Crippen LogP contribution in [0.3, 0.4) is 0 Å². The number of carboxylic acid groups (broad SMARTS) is 1. The topological polar surface area (TPSA) is 50.2 Å².